The van der Waals surface area contributed by atoms with Gasteiger partial charge in [0.25, 0.3) is 5.91 Å². The number of nitrogens with zero attached hydrogens (tertiary/aromatic N) is 2. The van der Waals surface area contributed by atoms with Crippen LogP contribution in [0.2, 0.25) is 0 Å². The highest BCUT2D eigenvalue weighted by Gasteiger charge is 2.33. The minimum atomic E-state index is -4.49. The summed E-state index contributed by atoms with van der Waals surface area (Å²) in [7, 11) is 0. The largest absolute Gasteiger partial charge is 0.435 e. The van der Waals surface area contributed by atoms with Crippen LogP contribution >= 0.6 is 0 Å². The fraction of sp³-hybridized carbons (Fsp3) is 0.200. The first-order valence-electron chi connectivity index (χ1n) is 8.41. The van der Waals surface area contributed by atoms with Crippen molar-refractivity contribution in [3.8, 4) is 5.69 Å². The second kappa shape index (κ2) is 7.65. The Morgan fingerprint density at radius 1 is 1.07 bits per heavy atom. The van der Waals surface area contributed by atoms with E-state index in [0.29, 0.717) is 17.8 Å². The van der Waals surface area contributed by atoms with Gasteiger partial charge in [-0.25, -0.2) is 4.68 Å². The highest BCUT2D eigenvalue weighted by molar-refractivity contribution is 5.94. The van der Waals surface area contributed by atoms with Crippen LogP contribution in [0.25, 0.3) is 5.69 Å². The van der Waals surface area contributed by atoms with Gasteiger partial charge in [0.2, 0.25) is 0 Å². The SMILES string of the molecule is CC(CNC(=O)c1ccc(-n2ccc(C(F)(F)F)n2)cc1)c1ccccc1. The van der Waals surface area contributed by atoms with Crippen LogP contribution in [0.15, 0.2) is 66.9 Å². The Morgan fingerprint density at radius 3 is 2.33 bits per heavy atom. The van der Waals surface area contributed by atoms with E-state index in [-0.39, 0.29) is 11.8 Å². The highest BCUT2D eigenvalue weighted by atomic mass is 19.4. The van der Waals surface area contributed by atoms with E-state index in [4.69, 9.17) is 0 Å². The van der Waals surface area contributed by atoms with E-state index >= 15 is 0 Å². The number of alkyl halides is 3. The first-order valence-corrected chi connectivity index (χ1v) is 8.41. The van der Waals surface area contributed by atoms with Crippen molar-refractivity contribution in [3.05, 3.63) is 83.7 Å². The van der Waals surface area contributed by atoms with E-state index in [9.17, 15) is 18.0 Å². The first kappa shape index (κ1) is 18.7. The third-order valence-electron chi connectivity index (χ3n) is 4.21. The van der Waals surface area contributed by atoms with Crippen LogP contribution in [0, 0.1) is 0 Å². The number of carbonyl (C=O) groups is 1. The molecule has 0 spiro atoms. The lowest BCUT2D eigenvalue weighted by Gasteiger charge is -2.13. The highest BCUT2D eigenvalue weighted by Crippen LogP contribution is 2.27. The summed E-state index contributed by atoms with van der Waals surface area (Å²) in [4.78, 5) is 12.3. The molecule has 1 aromatic heterocycles. The Labute approximate surface area is 154 Å². The number of rotatable bonds is 5. The molecule has 0 aliphatic heterocycles. The summed E-state index contributed by atoms with van der Waals surface area (Å²) >= 11 is 0. The summed E-state index contributed by atoms with van der Waals surface area (Å²) < 4.78 is 39.0. The molecule has 27 heavy (non-hydrogen) atoms. The van der Waals surface area contributed by atoms with Crippen LogP contribution in [-0.2, 0) is 6.18 Å². The molecule has 0 fully saturated rings. The molecular weight excluding hydrogens is 355 g/mol. The minimum Gasteiger partial charge on any atom is -0.351 e. The predicted molar refractivity (Wildman–Crippen MR) is 95.8 cm³/mol. The molecule has 7 heteroatoms. The summed E-state index contributed by atoms with van der Waals surface area (Å²) in [5.74, 6) is -0.0694. The van der Waals surface area contributed by atoms with Crippen molar-refractivity contribution < 1.29 is 18.0 Å². The molecule has 140 valence electrons. The van der Waals surface area contributed by atoms with Gasteiger partial charge in [0, 0.05) is 18.3 Å². The average molecular weight is 373 g/mol. The fourth-order valence-electron chi connectivity index (χ4n) is 2.63. The zero-order valence-electron chi connectivity index (χ0n) is 14.6. The van der Waals surface area contributed by atoms with Gasteiger partial charge in [-0.05, 0) is 41.8 Å². The molecule has 0 aliphatic carbocycles. The van der Waals surface area contributed by atoms with Gasteiger partial charge in [-0.2, -0.15) is 18.3 Å². The zero-order valence-corrected chi connectivity index (χ0v) is 14.6. The lowest BCUT2D eigenvalue weighted by atomic mass is 10.0. The second-order valence-electron chi connectivity index (χ2n) is 6.21. The van der Waals surface area contributed by atoms with Gasteiger partial charge in [0.1, 0.15) is 0 Å². The quantitative estimate of drug-likeness (QED) is 0.719. The number of benzene rings is 2. The van der Waals surface area contributed by atoms with Crippen LogP contribution in [0.5, 0.6) is 0 Å². The van der Waals surface area contributed by atoms with Gasteiger partial charge in [0.05, 0.1) is 5.69 Å². The predicted octanol–water partition coefficient (Wildman–Crippen LogP) is 4.42. The van der Waals surface area contributed by atoms with Crippen LogP contribution in [0.3, 0.4) is 0 Å². The third-order valence-corrected chi connectivity index (χ3v) is 4.21. The van der Waals surface area contributed by atoms with E-state index in [1.807, 2.05) is 37.3 Å². The van der Waals surface area contributed by atoms with Crippen molar-refractivity contribution in [3.63, 3.8) is 0 Å². The molecule has 0 saturated heterocycles. The molecule has 1 atom stereocenters. The van der Waals surface area contributed by atoms with Gasteiger partial charge < -0.3 is 5.32 Å². The topological polar surface area (TPSA) is 46.9 Å². The van der Waals surface area contributed by atoms with Gasteiger partial charge >= 0.3 is 6.18 Å². The molecule has 1 N–H and O–H groups in total. The maximum atomic E-state index is 12.6. The lowest BCUT2D eigenvalue weighted by molar-refractivity contribution is -0.141. The molecule has 0 radical (unpaired) electrons. The summed E-state index contributed by atoms with van der Waals surface area (Å²) in [6, 6.07) is 17.0. The first-order chi connectivity index (χ1) is 12.8. The smallest absolute Gasteiger partial charge is 0.351 e. The average Bonchev–Trinajstić information content (AvgIpc) is 3.17. The van der Waals surface area contributed by atoms with Crippen molar-refractivity contribution in [2.24, 2.45) is 0 Å². The second-order valence-corrected chi connectivity index (χ2v) is 6.21. The molecule has 1 unspecified atom stereocenters. The molecule has 0 aliphatic rings. The maximum absolute atomic E-state index is 12.6. The van der Waals surface area contributed by atoms with Crippen LogP contribution in [0.1, 0.15) is 34.5 Å². The Balaban J connectivity index is 1.63. The number of nitrogens with one attached hydrogen (secondary N) is 1. The van der Waals surface area contributed by atoms with Gasteiger partial charge in [0.15, 0.2) is 5.69 Å². The van der Waals surface area contributed by atoms with Gasteiger partial charge in [-0.1, -0.05) is 37.3 Å². The lowest BCUT2D eigenvalue weighted by Crippen LogP contribution is -2.27. The van der Waals surface area contributed by atoms with Gasteiger partial charge in [-0.3, -0.25) is 4.79 Å². The molecule has 0 saturated carbocycles. The van der Waals surface area contributed by atoms with Crippen molar-refractivity contribution in [2.45, 2.75) is 19.0 Å². The summed E-state index contributed by atoms with van der Waals surface area (Å²) in [5, 5.41) is 6.38. The fourth-order valence-corrected chi connectivity index (χ4v) is 2.63. The van der Waals surface area contributed by atoms with Crippen molar-refractivity contribution in [2.75, 3.05) is 6.54 Å². The summed E-state index contributed by atoms with van der Waals surface area (Å²) in [5.41, 5.74) is 1.05. The normalized spacial score (nSPS) is 12.6. The van der Waals surface area contributed by atoms with Crippen LogP contribution in [0.4, 0.5) is 13.2 Å². The standard InChI is InChI=1S/C20H18F3N3O/c1-14(15-5-3-2-4-6-15)13-24-19(27)16-7-9-17(10-8-16)26-12-11-18(25-26)20(21,22)23/h2-12,14H,13H2,1H3,(H,24,27). The van der Waals surface area contributed by atoms with Crippen LogP contribution in [-0.4, -0.2) is 22.2 Å². The molecular formula is C20H18F3N3O. The summed E-state index contributed by atoms with van der Waals surface area (Å²) in [6.07, 6.45) is -3.25. The Morgan fingerprint density at radius 2 is 1.74 bits per heavy atom. The van der Waals surface area contributed by atoms with E-state index in [1.165, 1.54) is 6.20 Å². The van der Waals surface area contributed by atoms with E-state index < -0.39 is 11.9 Å². The minimum absolute atomic E-state index is 0.166. The number of amides is 1. The number of carbonyl (C=O) groups excluding carboxylic acids is 1. The van der Waals surface area contributed by atoms with Crippen LogP contribution < -0.4 is 5.32 Å². The molecule has 3 aromatic rings. The number of hydrogen-bond acceptors (Lipinski definition) is 2. The monoisotopic (exact) mass is 373 g/mol. The Kier molecular flexibility index (Phi) is 5.30. The summed E-state index contributed by atoms with van der Waals surface area (Å²) in [6.45, 7) is 2.51. The van der Waals surface area contributed by atoms with Gasteiger partial charge in [-0.15, -0.1) is 0 Å². The molecule has 4 nitrogen and oxygen atoms in total. The molecule has 0 bridgehead atoms. The zero-order chi connectivity index (χ0) is 19.4. The third kappa shape index (κ3) is 4.55. The Bertz CT molecular complexity index is 902. The number of aromatic nitrogens is 2. The van der Waals surface area contributed by atoms with Crippen molar-refractivity contribution in [1.29, 1.82) is 0 Å². The van der Waals surface area contributed by atoms with E-state index in [1.54, 1.807) is 24.3 Å². The maximum Gasteiger partial charge on any atom is 0.435 e. The molecule has 2 aromatic carbocycles. The Hall–Kier alpha value is -3.09. The molecule has 1 amide bonds. The van der Waals surface area contributed by atoms with Crippen molar-refractivity contribution >= 4 is 5.91 Å². The number of hydrogen-bond donors (Lipinski definition) is 1. The van der Waals surface area contributed by atoms with E-state index in [2.05, 4.69) is 10.4 Å². The molecule has 1 heterocycles. The number of halogens is 3. The molecule has 3 rings (SSSR count). The van der Waals surface area contributed by atoms with Crippen molar-refractivity contribution in [1.82, 2.24) is 15.1 Å². The van der Waals surface area contributed by atoms with E-state index in [0.717, 1.165) is 16.3 Å².